The summed E-state index contributed by atoms with van der Waals surface area (Å²) < 4.78 is 54.0. The van der Waals surface area contributed by atoms with E-state index in [0.717, 1.165) is 18.3 Å². The van der Waals surface area contributed by atoms with E-state index in [2.05, 4.69) is 10.3 Å². The van der Waals surface area contributed by atoms with E-state index in [1.807, 2.05) is 0 Å². The van der Waals surface area contributed by atoms with Crippen LogP contribution in [0.5, 0.6) is 0 Å². The topological polar surface area (TPSA) is 65.5 Å². The minimum atomic E-state index is -4.72. The van der Waals surface area contributed by atoms with Gasteiger partial charge in [0, 0.05) is 11.8 Å². The lowest BCUT2D eigenvalue weighted by atomic mass is 10.00. The molecule has 5 nitrogen and oxygen atoms in total. The molecule has 0 atom stereocenters. The highest BCUT2D eigenvalue weighted by molar-refractivity contribution is 6.31. The van der Waals surface area contributed by atoms with Crippen molar-refractivity contribution in [1.29, 1.82) is 0 Å². The van der Waals surface area contributed by atoms with Crippen molar-refractivity contribution >= 4 is 17.6 Å². The standard InChI is InChI=1S/C17H16ClF4N3O2/c1-9(2)25(27)16(26)24-8-14-13(19)6-10(7-23-14)11-4-3-5-12(18)15(11)17(20,21)22/h3-7,9,27H,8H2,1-2H3,(H,24,26). The third kappa shape index (κ3) is 4.86. The summed E-state index contributed by atoms with van der Waals surface area (Å²) in [5.41, 5.74) is -1.69. The lowest BCUT2D eigenvalue weighted by Gasteiger charge is -2.19. The Morgan fingerprint density at radius 2 is 2.04 bits per heavy atom. The molecule has 0 aliphatic heterocycles. The lowest BCUT2D eigenvalue weighted by Crippen LogP contribution is -2.41. The van der Waals surface area contributed by atoms with Gasteiger partial charge in [0.1, 0.15) is 5.82 Å². The summed E-state index contributed by atoms with van der Waals surface area (Å²) in [5, 5.41) is 11.6. The number of rotatable bonds is 4. The van der Waals surface area contributed by atoms with Crippen molar-refractivity contribution in [3.05, 3.63) is 52.6 Å². The number of nitrogens with one attached hydrogen (secondary N) is 1. The quantitative estimate of drug-likeness (QED) is 0.433. The molecule has 0 unspecified atom stereocenters. The molecule has 0 saturated carbocycles. The van der Waals surface area contributed by atoms with Gasteiger partial charge < -0.3 is 5.32 Å². The zero-order chi connectivity index (χ0) is 20.4. The molecule has 0 aliphatic rings. The molecule has 0 spiro atoms. The van der Waals surface area contributed by atoms with E-state index < -0.39 is 34.7 Å². The van der Waals surface area contributed by atoms with E-state index in [1.165, 1.54) is 12.1 Å². The van der Waals surface area contributed by atoms with Crippen LogP contribution in [0.2, 0.25) is 5.02 Å². The SMILES string of the molecule is CC(C)N(O)C(=O)NCc1ncc(-c2cccc(Cl)c2C(F)(F)F)cc1F. The first-order valence-electron chi connectivity index (χ1n) is 7.78. The van der Waals surface area contributed by atoms with Crippen molar-refractivity contribution in [2.45, 2.75) is 32.6 Å². The minimum Gasteiger partial charge on any atom is -0.330 e. The van der Waals surface area contributed by atoms with Crippen LogP contribution < -0.4 is 5.32 Å². The van der Waals surface area contributed by atoms with Crippen LogP contribution in [0.15, 0.2) is 30.5 Å². The average Bonchev–Trinajstić information content (AvgIpc) is 2.58. The largest absolute Gasteiger partial charge is 0.418 e. The van der Waals surface area contributed by atoms with E-state index >= 15 is 0 Å². The number of hydroxylamine groups is 2. The van der Waals surface area contributed by atoms with Gasteiger partial charge >= 0.3 is 12.2 Å². The first-order valence-corrected chi connectivity index (χ1v) is 8.16. The Morgan fingerprint density at radius 1 is 1.37 bits per heavy atom. The third-order valence-corrected chi connectivity index (χ3v) is 3.94. The Bertz CT molecular complexity index is 843. The van der Waals surface area contributed by atoms with E-state index in [4.69, 9.17) is 11.6 Å². The fourth-order valence-electron chi connectivity index (χ4n) is 2.27. The summed E-state index contributed by atoms with van der Waals surface area (Å²) in [4.78, 5) is 15.4. The van der Waals surface area contributed by atoms with Crippen LogP contribution in [-0.2, 0) is 12.7 Å². The van der Waals surface area contributed by atoms with Crippen molar-refractivity contribution < 1.29 is 27.6 Å². The Hall–Kier alpha value is -2.39. The molecule has 2 aromatic rings. The van der Waals surface area contributed by atoms with Gasteiger partial charge in [-0.15, -0.1) is 0 Å². The number of alkyl halides is 3. The van der Waals surface area contributed by atoms with Crippen LogP contribution in [0.4, 0.5) is 22.4 Å². The van der Waals surface area contributed by atoms with Crippen LogP contribution in [0, 0.1) is 5.82 Å². The van der Waals surface area contributed by atoms with Crippen molar-refractivity contribution in [3.63, 3.8) is 0 Å². The van der Waals surface area contributed by atoms with Crippen molar-refractivity contribution in [3.8, 4) is 11.1 Å². The number of benzene rings is 1. The number of nitrogens with zero attached hydrogens (tertiary/aromatic N) is 2. The normalized spacial score (nSPS) is 11.6. The smallest absolute Gasteiger partial charge is 0.330 e. The third-order valence-electron chi connectivity index (χ3n) is 3.63. The molecule has 1 aromatic heterocycles. The van der Waals surface area contributed by atoms with Crippen LogP contribution in [0.1, 0.15) is 25.1 Å². The summed E-state index contributed by atoms with van der Waals surface area (Å²) in [6, 6.07) is 3.11. The fraction of sp³-hybridized carbons (Fsp3) is 0.294. The highest BCUT2D eigenvalue weighted by Gasteiger charge is 2.36. The molecule has 0 bridgehead atoms. The van der Waals surface area contributed by atoms with Crippen LogP contribution in [0.25, 0.3) is 11.1 Å². The molecule has 27 heavy (non-hydrogen) atoms. The fourth-order valence-corrected chi connectivity index (χ4v) is 2.55. The number of urea groups is 1. The summed E-state index contributed by atoms with van der Waals surface area (Å²) in [7, 11) is 0. The molecule has 2 rings (SSSR count). The first kappa shape index (κ1) is 20.9. The van der Waals surface area contributed by atoms with Crippen LogP contribution in [0.3, 0.4) is 0 Å². The molecule has 0 fully saturated rings. The summed E-state index contributed by atoms with van der Waals surface area (Å²) >= 11 is 5.66. The molecule has 146 valence electrons. The van der Waals surface area contributed by atoms with Crippen molar-refractivity contribution in [1.82, 2.24) is 15.4 Å². The lowest BCUT2D eigenvalue weighted by molar-refractivity contribution is -0.137. The van der Waals surface area contributed by atoms with Crippen molar-refractivity contribution in [2.24, 2.45) is 0 Å². The van der Waals surface area contributed by atoms with Gasteiger partial charge in [0.2, 0.25) is 0 Å². The number of aromatic nitrogens is 1. The Balaban J connectivity index is 2.28. The second-order valence-corrected chi connectivity index (χ2v) is 6.32. The number of hydrogen-bond donors (Lipinski definition) is 2. The predicted molar refractivity (Wildman–Crippen MR) is 90.6 cm³/mol. The monoisotopic (exact) mass is 405 g/mol. The summed E-state index contributed by atoms with van der Waals surface area (Å²) in [5.74, 6) is -0.907. The van der Waals surface area contributed by atoms with E-state index in [0.29, 0.717) is 5.06 Å². The predicted octanol–water partition coefficient (Wildman–Crippen LogP) is 4.87. The van der Waals surface area contributed by atoms with Crippen LogP contribution in [-0.4, -0.2) is 27.3 Å². The zero-order valence-electron chi connectivity index (χ0n) is 14.3. The van der Waals surface area contributed by atoms with Gasteiger partial charge in [-0.3, -0.25) is 10.2 Å². The molecule has 0 saturated heterocycles. The molecule has 2 amide bonds. The number of carbonyl (C=O) groups is 1. The van der Waals surface area contributed by atoms with Gasteiger partial charge in [-0.25, -0.2) is 14.2 Å². The maximum atomic E-state index is 14.3. The van der Waals surface area contributed by atoms with Crippen molar-refractivity contribution in [2.75, 3.05) is 0 Å². The molecule has 1 aromatic carbocycles. The van der Waals surface area contributed by atoms with Gasteiger partial charge in [-0.2, -0.15) is 13.2 Å². The highest BCUT2D eigenvalue weighted by Crippen LogP contribution is 2.41. The Morgan fingerprint density at radius 3 is 2.59 bits per heavy atom. The number of halogens is 5. The second-order valence-electron chi connectivity index (χ2n) is 5.91. The van der Waals surface area contributed by atoms with E-state index in [9.17, 15) is 27.6 Å². The van der Waals surface area contributed by atoms with Gasteiger partial charge in [0.05, 0.1) is 28.9 Å². The number of hydrogen-bond acceptors (Lipinski definition) is 3. The van der Waals surface area contributed by atoms with Crippen LogP contribution >= 0.6 is 11.6 Å². The zero-order valence-corrected chi connectivity index (χ0v) is 15.1. The van der Waals surface area contributed by atoms with Gasteiger partial charge in [0.25, 0.3) is 0 Å². The molecule has 10 heteroatoms. The average molecular weight is 406 g/mol. The van der Waals surface area contributed by atoms with E-state index in [1.54, 1.807) is 13.8 Å². The van der Waals surface area contributed by atoms with E-state index in [-0.39, 0.29) is 23.4 Å². The molecule has 2 N–H and O–H groups in total. The summed E-state index contributed by atoms with van der Waals surface area (Å²) in [6.45, 7) is 2.78. The minimum absolute atomic E-state index is 0.108. The maximum Gasteiger partial charge on any atom is 0.418 e. The number of carbonyl (C=O) groups excluding carboxylic acids is 1. The van der Waals surface area contributed by atoms with Gasteiger partial charge in [-0.1, -0.05) is 23.7 Å². The Labute approximate surface area is 157 Å². The number of amides is 2. The van der Waals surface area contributed by atoms with Gasteiger partial charge in [0.15, 0.2) is 0 Å². The molecule has 0 radical (unpaired) electrons. The first-order chi connectivity index (χ1) is 12.5. The maximum absolute atomic E-state index is 14.3. The Kier molecular flexibility index (Phi) is 6.27. The summed E-state index contributed by atoms with van der Waals surface area (Å²) in [6.07, 6.45) is -3.66. The molecule has 0 aliphatic carbocycles. The molecular weight excluding hydrogens is 390 g/mol. The number of pyridine rings is 1. The molecular formula is C17H16ClF4N3O2. The van der Waals surface area contributed by atoms with Gasteiger partial charge in [-0.05, 0) is 31.5 Å². The second kappa shape index (κ2) is 8.10. The highest BCUT2D eigenvalue weighted by atomic mass is 35.5. The molecule has 1 heterocycles.